The van der Waals surface area contributed by atoms with Crippen LogP contribution >= 0.6 is 24.0 Å². The second kappa shape index (κ2) is 10.9. The third kappa shape index (κ3) is 7.48. The average molecular weight is 527 g/mol. The normalized spacial score (nSPS) is 11.4. The Hall–Kier alpha value is -2.44. The maximum absolute atomic E-state index is 12.5. The van der Waals surface area contributed by atoms with Crippen molar-refractivity contribution < 1.29 is 31.9 Å². The lowest BCUT2D eigenvalue weighted by molar-refractivity contribution is -0.274. The van der Waals surface area contributed by atoms with Crippen LogP contribution in [0.1, 0.15) is 27.4 Å². The molecular formula is C18H21F3IN3O4. The van der Waals surface area contributed by atoms with Crippen molar-refractivity contribution in [2.45, 2.75) is 26.4 Å². The van der Waals surface area contributed by atoms with Gasteiger partial charge in [-0.15, -0.1) is 37.1 Å². The number of carbonyl (C=O) groups is 1. The van der Waals surface area contributed by atoms with E-state index >= 15 is 0 Å². The molecule has 1 aromatic heterocycles. The number of halogens is 4. The molecule has 1 aromatic carbocycles. The van der Waals surface area contributed by atoms with E-state index in [9.17, 15) is 18.0 Å². The summed E-state index contributed by atoms with van der Waals surface area (Å²) in [6.45, 7) is 1.90. The Balaban J connectivity index is 0.00000420. The largest absolute Gasteiger partial charge is 0.573 e. The van der Waals surface area contributed by atoms with Crippen molar-refractivity contribution in [3.8, 4) is 5.75 Å². The molecule has 0 bridgehead atoms. The van der Waals surface area contributed by atoms with Crippen LogP contribution < -0.4 is 15.4 Å². The molecule has 0 saturated heterocycles. The summed E-state index contributed by atoms with van der Waals surface area (Å²) < 4.78 is 51.6. The number of methoxy groups -OCH3 is 1. The minimum absolute atomic E-state index is 0. The molecule has 0 atom stereocenters. The van der Waals surface area contributed by atoms with Gasteiger partial charge in [-0.3, -0.25) is 4.99 Å². The lowest BCUT2D eigenvalue weighted by atomic mass is 10.2. The first-order valence-electron chi connectivity index (χ1n) is 8.19. The van der Waals surface area contributed by atoms with Crippen LogP contribution in [0.4, 0.5) is 13.2 Å². The highest BCUT2D eigenvalue weighted by atomic mass is 127. The molecule has 0 amide bonds. The lowest BCUT2D eigenvalue weighted by Crippen LogP contribution is -2.36. The van der Waals surface area contributed by atoms with Crippen molar-refractivity contribution in [2.75, 3.05) is 14.2 Å². The van der Waals surface area contributed by atoms with Gasteiger partial charge in [0.25, 0.3) is 0 Å². The Kier molecular flexibility index (Phi) is 9.27. The molecule has 7 nitrogen and oxygen atoms in total. The van der Waals surface area contributed by atoms with Crippen molar-refractivity contribution in [2.24, 2.45) is 4.99 Å². The number of para-hydroxylation sites is 1. The summed E-state index contributed by atoms with van der Waals surface area (Å²) in [5.41, 5.74) is 0.630. The fraction of sp³-hybridized carbons (Fsp3) is 0.333. The Morgan fingerprint density at radius 3 is 2.48 bits per heavy atom. The second-order valence-electron chi connectivity index (χ2n) is 5.61. The number of furan rings is 1. The molecule has 0 unspecified atom stereocenters. The number of hydrogen-bond donors (Lipinski definition) is 2. The molecule has 0 aliphatic rings. The van der Waals surface area contributed by atoms with Crippen LogP contribution in [-0.2, 0) is 17.8 Å². The number of nitrogens with one attached hydrogen (secondary N) is 2. The van der Waals surface area contributed by atoms with E-state index in [0.717, 1.165) is 0 Å². The van der Waals surface area contributed by atoms with Gasteiger partial charge in [-0.1, -0.05) is 18.2 Å². The smallest absolute Gasteiger partial charge is 0.465 e. The molecule has 0 aliphatic heterocycles. The summed E-state index contributed by atoms with van der Waals surface area (Å²) in [4.78, 5) is 15.6. The molecule has 0 aliphatic carbocycles. The number of benzene rings is 1. The summed E-state index contributed by atoms with van der Waals surface area (Å²) >= 11 is 0. The highest BCUT2D eigenvalue weighted by Gasteiger charge is 2.31. The Morgan fingerprint density at radius 1 is 1.21 bits per heavy atom. The zero-order valence-electron chi connectivity index (χ0n) is 15.9. The van der Waals surface area contributed by atoms with E-state index in [1.165, 1.54) is 32.4 Å². The fourth-order valence-corrected chi connectivity index (χ4v) is 2.39. The van der Waals surface area contributed by atoms with E-state index in [-0.39, 0.29) is 42.8 Å². The quantitative estimate of drug-likeness (QED) is 0.258. The van der Waals surface area contributed by atoms with Gasteiger partial charge in [-0.05, 0) is 19.1 Å². The Labute approximate surface area is 182 Å². The van der Waals surface area contributed by atoms with E-state index in [4.69, 9.17) is 4.42 Å². The van der Waals surface area contributed by atoms with Gasteiger partial charge >= 0.3 is 12.3 Å². The lowest BCUT2D eigenvalue weighted by Gasteiger charge is -2.15. The minimum atomic E-state index is -4.77. The number of ether oxygens (including phenoxy) is 2. The molecule has 0 saturated carbocycles. The summed E-state index contributed by atoms with van der Waals surface area (Å²) in [5, 5.41) is 5.85. The molecular weight excluding hydrogens is 506 g/mol. The van der Waals surface area contributed by atoms with Gasteiger partial charge in [-0.2, -0.15) is 0 Å². The van der Waals surface area contributed by atoms with Gasteiger partial charge in [-0.25, -0.2) is 4.79 Å². The zero-order chi connectivity index (χ0) is 20.7. The van der Waals surface area contributed by atoms with Crippen LogP contribution in [0, 0.1) is 6.92 Å². The van der Waals surface area contributed by atoms with E-state index in [1.807, 2.05) is 0 Å². The van der Waals surface area contributed by atoms with Crippen molar-refractivity contribution in [3.05, 3.63) is 53.0 Å². The van der Waals surface area contributed by atoms with Crippen LogP contribution in [-0.4, -0.2) is 32.4 Å². The Morgan fingerprint density at radius 2 is 1.86 bits per heavy atom. The standard InChI is InChI=1S/C18H20F3N3O4.HI/c1-11-14(16(25)26-3)8-13(27-11)10-24-17(22-2)23-9-12-6-4-5-7-15(12)28-18(19,20)21;/h4-8H,9-10H2,1-3H3,(H2,22,23,24);1H. The van der Waals surface area contributed by atoms with Crippen LogP contribution in [0.5, 0.6) is 5.75 Å². The number of esters is 1. The third-order valence-electron chi connectivity index (χ3n) is 3.67. The number of nitrogens with zero attached hydrogens (tertiary/aromatic N) is 1. The van der Waals surface area contributed by atoms with Gasteiger partial charge in [0, 0.05) is 19.2 Å². The molecule has 0 radical (unpaired) electrons. The summed E-state index contributed by atoms with van der Waals surface area (Å²) in [6, 6.07) is 7.36. The highest BCUT2D eigenvalue weighted by Crippen LogP contribution is 2.26. The van der Waals surface area contributed by atoms with Crippen LogP contribution in [0.2, 0.25) is 0 Å². The molecule has 29 heavy (non-hydrogen) atoms. The number of rotatable bonds is 6. The molecule has 0 spiro atoms. The van der Waals surface area contributed by atoms with Crippen molar-refractivity contribution in [1.82, 2.24) is 10.6 Å². The monoisotopic (exact) mass is 527 g/mol. The molecule has 160 valence electrons. The number of alkyl halides is 3. The molecule has 2 rings (SSSR count). The van der Waals surface area contributed by atoms with Crippen molar-refractivity contribution in [3.63, 3.8) is 0 Å². The topological polar surface area (TPSA) is 85.1 Å². The van der Waals surface area contributed by atoms with Crippen molar-refractivity contribution in [1.29, 1.82) is 0 Å². The first-order valence-corrected chi connectivity index (χ1v) is 8.19. The number of aliphatic imine (C=N–C) groups is 1. The van der Waals surface area contributed by atoms with Crippen LogP contribution in [0.25, 0.3) is 0 Å². The summed E-state index contributed by atoms with van der Waals surface area (Å²) in [6.07, 6.45) is -4.77. The van der Waals surface area contributed by atoms with E-state index < -0.39 is 12.3 Å². The number of carbonyl (C=O) groups excluding carboxylic acids is 1. The number of aryl methyl sites for hydroxylation is 1. The van der Waals surface area contributed by atoms with Gasteiger partial charge in [0.05, 0.1) is 13.7 Å². The van der Waals surface area contributed by atoms with E-state index in [2.05, 4.69) is 25.1 Å². The zero-order valence-corrected chi connectivity index (χ0v) is 18.3. The van der Waals surface area contributed by atoms with Gasteiger partial charge < -0.3 is 24.5 Å². The van der Waals surface area contributed by atoms with E-state index in [1.54, 1.807) is 19.1 Å². The highest BCUT2D eigenvalue weighted by molar-refractivity contribution is 14.0. The summed E-state index contributed by atoms with van der Waals surface area (Å²) in [7, 11) is 2.79. The van der Waals surface area contributed by atoms with Crippen LogP contribution in [0.15, 0.2) is 39.7 Å². The first kappa shape index (κ1) is 24.6. The SMILES string of the molecule is CN=C(NCc1cc(C(=O)OC)c(C)o1)NCc1ccccc1OC(F)(F)F.I. The van der Waals surface area contributed by atoms with Crippen molar-refractivity contribution >= 4 is 35.9 Å². The maximum atomic E-state index is 12.5. The van der Waals surface area contributed by atoms with E-state index in [0.29, 0.717) is 28.6 Å². The molecule has 11 heteroatoms. The van der Waals surface area contributed by atoms with Crippen LogP contribution in [0.3, 0.4) is 0 Å². The molecule has 1 heterocycles. The predicted octanol–water partition coefficient (Wildman–Crippen LogP) is 3.76. The number of guanidine groups is 1. The molecule has 0 fully saturated rings. The number of hydrogen-bond acceptors (Lipinski definition) is 5. The molecule has 2 aromatic rings. The van der Waals surface area contributed by atoms with Gasteiger partial charge in [0.1, 0.15) is 22.8 Å². The fourth-order valence-electron chi connectivity index (χ4n) is 2.39. The van der Waals surface area contributed by atoms with Gasteiger partial charge in [0.15, 0.2) is 5.96 Å². The van der Waals surface area contributed by atoms with Gasteiger partial charge in [0.2, 0.25) is 0 Å². The third-order valence-corrected chi connectivity index (χ3v) is 3.67. The first-order chi connectivity index (χ1) is 13.2. The Bertz CT molecular complexity index is 853. The minimum Gasteiger partial charge on any atom is -0.465 e. The predicted molar refractivity (Wildman–Crippen MR) is 110 cm³/mol. The second-order valence-corrected chi connectivity index (χ2v) is 5.61. The maximum Gasteiger partial charge on any atom is 0.573 e. The molecule has 2 N–H and O–H groups in total. The average Bonchev–Trinajstić information content (AvgIpc) is 3.02. The summed E-state index contributed by atoms with van der Waals surface area (Å²) in [5.74, 6) is 0.431.